The summed E-state index contributed by atoms with van der Waals surface area (Å²) in [4.78, 5) is 23.4. The van der Waals surface area contributed by atoms with Gasteiger partial charge in [-0.1, -0.05) is 11.6 Å². The number of anilines is 1. The second-order valence-electron chi connectivity index (χ2n) is 4.11. The Bertz CT molecular complexity index is 494. The molecule has 7 heteroatoms. The van der Waals surface area contributed by atoms with Crippen molar-refractivity contribution in [1.82, 2.24) is 5.32 Å². The van der Waals surface area contributed by atoms with Crippen LogP contribution < -0.4 is 15.4 Å². The summed E-state index contributed by atoms with van der Waals surface area (Å²) in [5.41, 5.74) is 0.347. The van der Waals surface area contributed by atoms with Gasteiger partial charge >= 0.3 is 11.8 Å². The number of hydrogen-bond donors (Lipinski definition) is 2. The van der Waals surface area contributed by atoms with Crippen molar-refractivity contribution in [3.63, 3.8) is 0 Å². The standard InChI is InChI=1S/C14H19ClN2O4/c1-3-21-8-4-7-16-13(18)14(19)17-11-9-10(15)5-6-12(11)20-2/h5-6,9H,3-4,7-8H2,1-2H3,(H,16,18)(H,17,19). The monoisotopic (exact) mass is 314 g/mol. The molecule has 0 saturated heterocycles. The van der Waals surface area contributed by atoms with E-state index in [0.717, 1.165) is 0 Å². The highest BCUT2D eigenvalue weighted by Crippen LogP contribution is 2.27. The number of rotatable bonds is 7. The second-order valence-corrected chi connectivity index (χ2v) is 4.54. The summed E-state index contributed by atoms with van der Waals surface area (Å²) in [5, 5.41) is 5.40. The Morgan fingerprint density at radius 2 is 2.05 bits per heavy atom. The molecular formula is C14H19ClN2O4. The molecule has 2 N–H and O–H groups in total. The molecule has 0 aliphatic carbocycles. The molecule has 0 bridgehead atoms. The molecule has 0 aromatic heterocycles. The molecule has 1 rings (SSSR count). The van der Waals surface area contributed by atoms with E-state index in [1.54, 1.807) is 12.1 Å². The smallest absolute Gasteiger partial charge is 0.313 e. The maximum atomic E-state index is 11.8. The molecule has 2 amide bonds. The van der Waals surface area contributed by atoms with Crippen LogP contribution in [-0.2, 0) is 14.3 Å². The quantitative estimate of drug-likeness (QED) is 0.594. The van der Waals surface area contributed by atoms with Gasteiger partial charge in [-0.05, 0) is 31.5 Å². The van der Waals surface area contributed by atoms with E-state index in [1.165, 1.54) is 13.2 Å². The van der Waals surface area contributed by atoms with Crippen molar-refractivity contribution >= 4 is 29.1 Å². The fourth-order valence-corrected chi connectivity index (χ4v) is 1.73. The lowest BCUT2D eigenvalue weighted by Gasteiger charge is -2.10. The summed E-state index contributed by atoms with van der Waals surface area (Å²) >= 11 is 5.85. The Morgan fingerprint density at radius 1 is 1.29 bits per heavy atom. The molecular weight excluding hydrogens is 296 g/mol. The van der Waals surface area contributed by atoms with Crippen LogP contribution in [0.2, 0.25) is 5.02 Å². The minimum Gasteiger partial charge on any atom is -0.495 e. The lowest BCUT2D eigenvalue weighted by molar-refractivity contribution is -0.136. The molecule has 0 aliphatic heterocycles. The normalized spacial score (nSPS) is 10.0. The van der Waals surface area contributed by atoms with Crippen LogP contribution in [0.5, 0.6) is 5.75 Å². The zero-order valence-corrected chi connectivity index (χ0v) is 12.8. The summed E-state index contributed by atoms with van der Waals surface area (Å²) in [7, 11) is 1.46. The van der Waals surface area contributed by atoms with Crippen LogP contribution >= 0.6 is 11.6 Å². The highest BCUT2D eigenvalue weighted by molar-refractivity contribution is 6.40. The molecule has 1 aromatic carbocycles. The van der Waals surface area contributed by atoms with E-state index in [4.69, 9.17) is 21.1 Å². The van der Waals surface area contributed by atoms with Crippen molar-refractivity contribution < 1.29 is 19.1 Å². The lowest BCUT2D eigenvalue weighted by Crippen LogP contribution is -2.36. The van der Waals surface area contributed by atoms with E-state index < -0.39 is 11.8 Å². The molecule has 0 fully saturated rings. The van der Waals surface area contributed by atoms with Crippen LogP contribution in [0.3, 0.4) is 0 Å². The van der Waals surface area contributed by atoms with Gasteiger partial charge in [0.15, 0.2) is 0 Å². The molecule has 0 radical (unpaired) electrons. The summed E-state index contributed by atoms with van der Waals surface area (Å²) < 4.78 is 10.2. The Morgan fingerprint density at radius 3 is 2.71 bits per heavy atom. The van der Waals surface area contributed by atoms with Crippen molar-refractivity contribution in [1.29, 1.82) is 0 Å². The van der Waals surface area contributed by atoms with E-state index >= 15 is 0 Å². The fourth-order valence-electron chi connectivity index (χ4n) is 1.56. The Hall–Kier alpha value is -1.79. The van der Waals surface area contributed by atoms with E-state index in [0.29, 0.717) is 42.6 Å². The molecule has 0 aliphatic rings. The number of ether oxygens (including phenoxy) is 2. The molecule has 0 heterocycles. The predicted molar refractivity (Wildman–Crippen MR) is 80.8 cm³/mol. The summed E-state index contributed by atoms with van der Waals surface area (Å²) in [6.45, 7) is 3.44. The molecule has 21 heavy (non-hydrogen) atoms. The average Bonchev–Trinajstić information content (AvgIpc) is 2.47. The van der Waals surface area contributed by atoms with Crippen LogP contribution in [0.1, 0.15) is 13.3 Å². The van der Waals surface area contributed by atoms with Crippen molar-refractivity contribution in [2.75, 3.05) is 32.2 Å². The maximum Gasteiger partial charge on any atom is 0.313 e. The predicted octanol–water partition coefficient (Wildman–Crippen LogP) is 1.83. The summed E-state index contributed by atoms with van der Waals surface area (Å²) in [6.07, 6.45) is 0.646. The fraction of sp³-hybridized carbons (Fsp3) is 0.429. The molecule has 116 valence electrons. The Labute approximate surface area is 128 Å². The van der Waals surface area contributed by atoms with Crippen molar-refractivity contribution in [3.05, 3.63) is 23.2 Å². The number of carbonyl (C=O) groups is 2. The average molecular weight is 315 g/mol. The van der Waals surface area contributed by atoms with Crippen molar-refractivity contribution in [2.45, 2.75) is 13.3 Å². The van der Waals surface area contributed by atoms with E-state index in [-0.39, 0.29) is 0 Å². The van der Waals surface area contributed by atoms with Crippen molar-refractivity contribution in [3.8, 4) is 5.75 Å². The third-order valence-electron chi connectivity index (χ3n) is 2.57. The van der Waals surface area contributed by atoms with E-state index in [2.05, 4.69) is 10.6 Å². The summed E-state index contributed by atoms with van der Waals surface area (Å²) in [5.74, 6) is -1.06. The number of carbonyl (C=O) groups excluding carboxylic acids is 2. The third-order valence-corrected chi connectivity index (χ3v) is 2.81. The van der Waals surface area contributed by atoms with Crippen molar-refractivity contribution in [2.24, 2.45) is 0 Å². The third kappa shape index (κ3) is 6.01. The van der Waals surface area contributed by atoms with Gasteiger partial charge < -0.3 is 20.1 Å². The number of methoxy groups -OCH3 is 1. The second kappa shape index (κ2) is 9.20. The van der Waals surface area contributed by atoms with Crippen LogP contribution in [0.15, 0.2) is 18.2 Å². The molecule has 0 unspecified atom stereocenters. The molecule has 0 spiro atoms. The van der Waals surface area contributed by atoms with Gasteiger partial charge in [0.25, 0.3) is 0 Å². The molecule has 0 saturated carbocycles. The van der Waals surface area contributed by atoms with Crippen LogP contribution in [0.25, 0.3) is 0 Å². The zero-order chi connectivity index (χ0) is 15.7. The number of halogens is 1. The van der Waals surface area contributed by atoms with Gasteiger partial charge in [-0.15, -0.1) is 0 Å². The van der Waals surface area contributed by atoms with E-state index in [1.807, 2.05) is 6.92 Å². The van der Waals surface area contributed by atoms with Crippen LogP contribution in [-0.4, -0.2) is 38.7 Å². The van der Waals surface area contributed by atoms with Gasteiger partial charge in [0.1, 0.15) is 5.75 Å². The topological polar surface area (TPSA) is 76.7 Å². The van der Waals surface area contributed by atoms with E-state index in [9.17, 15) is 9.59 Å². The first-order chi connectivity index (χ1) is 10.1. The van der Waals surface area contributed by atoms with Gasteiger partial charge in [-0.3, -0.25) is 9.59 Å². The SMILES string of the molecule is CCOCCCNC(=O)C(=O)Nc1cc(Cl)ccc1OC. The van der Waals surface area contributed by atoms with Gasteiger partial charge in [-0.25, -0.2) is 0 Å². The van der Waals surface area contributed by atoms with Gasteiger partial charge in [-0.2, -0.15) is 0 Å². The minimum atomic E-state index is -0.771. The molecule has 0 atom stereocenters. The highest BCUT2D eigenvalue weighted by Gasteiger charge is 2.15. The number of nitrogens with one attached hydrogen (secondary N) is 2. The zero-order valence-electron chi connectivity index (χ0n) is 12.1. The highest BCUT2D eigenvalue weighted by atomic mass is 35.5. The first-order valence-corrected chi connectivity index (χ1v) is 6.96. The number of amides is 2. The van der Waals surface area contributed by atoms with Gasteiger partial charge in [0, 0.05) is 24.8 Å². The Balaban J connectivity index is 2.49. The first kappa shape index (κ1) is 17.3. The van der Waals surface area contributed by atoms with Gasteiger partial charge in [0.2, 0.25) is 0 Å². The molecule has 6 nitrogen and oxygen atoms in total. The van der Waals surface area contributed by atoms with Crippen LogP contribution in [0, 0.1) is 0 Å². The summed E-state index contributed by atoms with van der Waals surface area (Å²) in [6, 6.07) is 4.75. The Kier molecular flexibility index (Phi) is 7.56. The largest absolute Gasteiger partial charge is 0.495 e. The molecule has 1 aromatic rings. The van der Waals surface area contributed by atoms with Crippen LogP contribution in [0.4, 0.5) is 5.69 Å². The van der Waals surface area contributed by atoms with Gasteiger partial charge in [0.05, 0.1) is 12.8 Å². The maximum absolute atomic E-state index is 11.8. The minimum absolute atomic E-state index is 0.347. The first-order valence-electron chi connectivity index (χ1n) is 6.59. The number of benzene rings is 1. The number of hydrogen-bond acceptors (Lipinski definition) is 4. The lowest BCUT2D eigenvalue weighted by atomic mass is 10.3.